The first kappa shape index (κ1) is 8.10. The van der Waals surface area contributed by atoms with E-state index in [1.54, 1.807) is 7.11 Å². The van der Waals surface area contributed by atoms with Crippen LogP contribution in [0.1, 0.15) is 12.7 Å². The maximum atomic E-state index is 5.12. The van der Waals surface area contributed by atoms with Gasteiger partial charge in [0.2, 0.25) is 0 Å². The standard InChI is InChI=1S/C10H12N2O/c1-3-10-11-7-8-6-9(13-2)4-5-12(8)10/h4-7H,3H2,1-2H3. The summed E-state index contributed by atoms with van der Waals surface area (Å²) < 4.78 is 7.20. The number of rotatable bonds is 2. The van der Waals surface area contributed by atoms with Crippen molar-refractivity contribution in [2.24, 2.45) is 0 Å². The van der Waals surface area contributed by atoms with Crippen LogP contribution in [0.5, 0.6) is 5.75 Å². The lowest BCUT2D eigenvalue weighted by molar-refractivity contribution is 0.414. The Morgan fingerprint density at radius 1 is 1.54 bits per heavy atom. The molecule has 0 unspecified atom stereocenters. The molecule has 0 aliphatic rings. The van der Waals surface area contributed by atoms with Gasteiger partial charge in [-0.05, 0) is 6.07 Å². The highest BCUT2D eigenvalue weighted by Gasteiger charge is 2.01. The lowest BCUT2D eigenvalue weighted by Gasteiger charge is -2.01. The molecule has 3 nitrogen and oxygen atoms in total. The first-order valence-electron chi connectivity index (χ1n) is 4.35. The van der Waals surface area contributed by atoms with E-state index in [-0.39, 0.29) is 0 Å². The molecule has 2 aromatic rings. The largest absolute Gasteiger partial charge is 0.497 e. The molecular formula is C10H12N2O. The molecule has 0 aliphatic heterocycles. The van der Waals surface area contributed by atoms with E-state index in [2.05, 4.69) is 16.3 Å². The Hall–Kier alpha value is -1.51. The Labute approximate surface area is 77.0 Å². The highest BCUT2D eigenvalue weighted by molar-refractivity contribution is 5.50. The van der Waals surface area contributed by atoms with E-state index < -0.39 is 0 Å². The van der Waals surface area contributed by atoms with E-state index in [1.807, 2.05) is 24.5 Å². The number of fused-ring (bicyclic) bond motifs is 1. The van der Waals surface area contributed by atoms with Gasteiger partial charge in [0, 0.05) is 18.7 Å². The number of hydrogen-bond acceptors (Lipinski definition) is 2. The van der Waals surface area contributed by atoms with Crippen LogP contribution in [0, 0.1) is 0 Å². The van der Waals surface area contributed by atoms with E-state index in [9.17, 15) is 0 Å². The number of pyridine rings is 1. The summed E-state index contributed by atoms with van der Waals surface area (Å²) in [5.41, 5.74) is 1.08. The quantitative estimate of drug-likeness (QED) is 0.698. The molecular weight excluding hydrogens is 164 g/mol. The summed E-state index contributed by atoms with van der Waals surface area (Å²) in [6.07, 6.45) is 4.79. The van der Waals surface area contributed by atoms with Crippen LogP contribution in [-0.4, -0.2) is 16.5 Å². The first-order chi connectivity index (χ1) is 6.35. The summed E-state index contributed by atoms with van der Waals surface area (Å²) in [6.45, 7) is 2.10. The Morgan fingerprint density at radius 3 is 3.08 bits per heavy atom. The SMILES string of the molecule is CCc1ncc2cc(OC)ccn12. The summed E-state index contributed by atoms with van der Waals surface area (Å²) in [6, 6.07) is 3.92. The average molecular weight is 176 g/mol. The molecule has 0 radical (unpaired) electrons. The lowest BCUT2D eigenvalue weighted by Crippen LogP contribution is -1.92. The monoisotopic (exact) mass is 176 g/mol. The number of imidazole rings is 1. The molecule has 68 valence electrons. The summed E-state index contributed by atoms with van der Waals surface area (Å²) in [4.78, 5) is 4.30. The fourth-order valence-electron chi connectivity index (χ4n) is 1.42. The van der Waals surface area contributed by atoms with Crippen molar-refractivity contribution >= 4 is 5.52 Å². The molecule has 2 rings (SSSR count). The van der Waals surface area contributed by atoms with Crippen molar-refractivity contribution < 1.29 is 4.74 Å². The third kappa shape index (κ3) is 1.26. The molecule has 0 spiro atoms. The zero-order valence-corrected chi connectivity index (χ0v) is 7.82. The van der Waals surface area contributed by atoms with Gasteiger partial charge >= 0.3 is 0 Å². The number of aryl methyl sites for hydroxylation is 1. The highest BCUT2D eigenvalue weighted by Crippen LogP contribution is 2.15. The fourth-order valence-corrected chi connectivity index (χ4v) is 1.42. The van der Waals surface area contributed by atoms with Crippen LogP contribution in [-0.2, 0) is 6.42 Å². The van der Waals surface area contributed by atoms with Gasteiger partial charge in [0.1, 0.15) is 11.6 Å². The summed E-state index contributed by atoms with van der Waals surface area (Å²) in [5, 5.41) is 0. The van der Waals surface area contributed by atoms with Crippen molar-refractivity contribution in [3.05, 3.63) is 30.4 Å². The van der Waals surface area contributed by atoms with Crippen molar-refractivity contribution in [2.45, 2.75) is 13.3 Å². The normalized spacial score (nSPS) is 10.6. The number of hydrogen-bond donors (Lipinski definition) is 0. The Morgan fingerprint density at radius 2 is 2.38 bits per heavy atom. The van der Waals surface area contributed by atoms with Crippen LogP contribution in [0.2, 0.25) is 0 Å². The van der Waals surface area contributed by atoms with E-state index >= 15 is 0 Å². The van der Waals surface area contributed by atoms with E-state index in [0.717, 1.165) is 23.5 Å². The second kappa shape index (κ2) is 3.09. The van der Waals surface area contributed by atoms with Gasteiger partial charge < -0.3 is 9.14 Å². The number of aromatic nitrogens is 2. The maximum Gasteiger partial charge on any atom is 0.122 e. The lowest BCUT2D eigenvalue weighted by atomic mass is 10.4. The van der Waals surface area contributed by atoms with Crippen molar-refractivity contribution in [3.8, 4) is 5.75 Å². The van der Waals surface area contributed by atoms with Crippen molar-refractivity contribution in [1.82, 2.24) is 9.38 Å². The molecule has 0 amide bonds. The Balaban J connectivity index is 2.61. The van der Waals surface area contributed by atoms with Crippen molar-refractivity contribution in [2.75, 3.05) is 7.11 Å². The van der Waals surface area contributed by atoms with Crippen LogP contribution in [0.25, 0.3) is 5.52 Å². The predicted molar refractivity (Wildman–Crippen MR) is 51.1 cm³/mol. The van der Waals surface area contributed by atoms with Crippen LogP contribution < -0.4 is 4.74 Å². The minimum absolute atomic E-state index is 0.870. The zero-order valence-electron chi connectivity index (χ0n) is 7.82. The second-order valence-electron chi connectivity index (χ2n) is 2.89. The number of ether oxygens (including phenoxy) is 1. The minimum atomic E-state index is 0.870. The summed E-state index contributed by atoms with van der Waals surface area (Å²) in [7, 11) is 1.67. The molecule has 13 heavy (non-hydrogen) atoms. The van der Waals surface area contributed by atoms with Crippen LogP contribution in [0.3, 0.4) is 0 Å². The third-order valence-electron chi connectivity index (χ3n) is 2.13. The third-order valence-corrected chi connectivity index (χ3v) is 2.13. The topological polar surface area (TPSA) is 26.5 Å². The molecule has 0 bridgehead atoms. The van der Waals surface area contributed by atoms with Gasteiger partial charge in [0.15, 0.2) is 0 Å². The van der Waals surface area contributed by atoms with Gasteiger partial charge in [0.25, 0.3) is 0 Å². The molecule has 0 atom stereocenters. The number of nitrogens with zero attached hydrogens (tertiary/aromatic N) is 2. The molecule has 0 N–H and O–H groups in total. The predicted octanol–water partition coefficient (Wildman–Crippen LogP) is 1.91. The van der Waals surface area contributed by atoms with Gasteiger partial charge in [-0.3, -0.25) is 0 Å². The summed E-state index contributed by atoms with van der Waals surface area (Å²) >= 11 is 0. The van der Waals surface area contributed by atoms with Crippen LogP contribution in [0.4, 0.5) is 0 Å². The fraction of sp³-hybridized carbons (Fsp3) is 0.300. The molecule has 0 fully saturated rings. The molecule has 0 aliphatic carbocycles. The maximum absolute atomic E-state index is 5.12. The zero-order chi connectivity index (χ0) is 9.26. The van der Waals surface area contributed by atoms with E-state index in [1.165, 1.54) is 0 Å². The van der Waals surface area contributed by atoms with Gasteiger partial charge in [-0.1, -0.05) is 6.92 Å². The van der Waals surface area contributed by atoms with Crippen LogP contribution >= 0.6 is 0 Å². The van der Waals surface area contributed by atoms with Crippen molar-refractivity contribution in [1.29, 1.82) is 0 Å². The second-order valence-corrected chi connectivity index (χ2v) is 2.89. The molecule has 0 saturated carbocycles. The number of methoxy groups -OCH3 is 1. The highest BCUT2D eigenvalue weighted by atomic mass is 16.5. The van der Waals surface area contributed by atoms with Gasteiger partial charge in [-0.15, -0.1) is 0 Å². The van der Waals surface area contributed by atoms with E-state index in [0.29, 0.717) is 0 Å². The first-order valence-corrected chi connectivity index (χ1v) is 4.35. The van der Waals surface area contributed by atoms with Gasteiger partial charge in [-0.2, -0.15) is 0 Å². The Bertz CT molecular complexity index is 420. The van der Waals surface area contributed by atoms with Crippen LogP contribution in [0.15, 0.2) is 24.5 Å². The minimum Gasteiger partial charge on any atom is -0.497 e. The van der Waals surface area contributed by atoms with Crippen molar-refractivity contribution in [3.63, 3.8) is 0 Å². The molecule has 3 heteroatoms. The Kier molecular flexibility index (Phi) is 1.93. The van der Waals surface area contributed by atoms with Gasteiger partial charge in [-0.25, -0.2) is 4.98 Å². The van der Waals surface area contributed by atoms with E-state index in [4.69, 9.17) is 4.74 Å². The molecule has 2 aromatic heterocycles. The smallest absolute Gasteiger partial charge is 0.122 e. The molecule has 0 saturated heterocycles. The summed E-state index contributed by atoms with van der Waals surface area (Å²) in [5.74, 6) is 1.95. The molecule has 0 aromatic carbocycles. The van der Waals surface area contributed by atoms with Gasteiger partial charge in [0.05, 0.1) is 18.8 Å². The average Bonchev–Trinajstić information content (AvgIpc) is 2.59. The molecule has 2 heterocycles.